The number of aromatic nitrogens is 1. The number of hydrogen-bond donors (Lipinski definition) is 0. The molecule has 0 N–H and O–H groups in total. The number of aryl methyl sites for hydroxylation is 1. The number of likely N-dealkylation sites (tertiary alicyclic amines) is 1. The lowest BCUT2D eigenvalue weighted by atomic mass is 10.0. The minimum atomic E-state index is 0.0642. The van der Waals surface area contributed by atoms with Gasteiger partial charge in [0.15, 0.2) is 0 Å². The first-order valence-corrected chi connectivity index (χ1v) is 10.9. The van der Waals surface area contributed by atoms with Gasteiger partial charge in [-0.1, -0.05) is 44.2 Å². The number of likely N-dealkylation sites (N-methyl/N-ethyl adjacent to an activating group) is 1. The number of thiazole rings is 1. The maximum Gasteiger partial charge on any atom is 0.273 e. The molecule has 1 aliphatic rings. The van der Waals surface area contributed by atoms with Crippen LogP contribution in [0.25, 0.3) is 0 Å². The molecule has 2 heterocycles. The highest BCUT2D eigenvalue weighted by Gasteiger charge is 2.27. The van der Waals surface area contributed by atoms with Gasteiger partial charge >= 0.3 is 0 Å². The smallest absolute Gasteiger partial charge is 0.273 e. The molecule has 3 rings (SSSR count). The third-order valence-corrected chi connectivity index (χ3v) is 6.51. The van der Waals surface area contributed by atoms with Crippen LogP contribution in [0.4, 0.5) is 0 Å². The van der Waals surface area contributed by atoms with Crippen molar-refractivity contribution in [3.8, 4) is 0 Å². The van der Waals surface area contributed by atoms with E-state index in [4.69, 9.17) is 0 Å². The third kappa shape index (κ3) is 5.39. The zero-order valence-electron chi connectivity index (χ0n) is 16.7. The number of carbonyl (C=O) groups is 1. The minimum Gasteiger partial charge on any atom is -0.336 e. The van der Waals surface area contributed by atoms with E-state index in [0.717, 1.165) is 50.3 Å². The molecule has 1 aromatic carbocycles. The monoisotopic (exact) mass is 385 g/mol. The van der Waals surface area contributed by atoms with Crippen molar-refractivity contribution in [2.75, 3.05) is 26.7 Å². The Morgan fingerprint density at radius 2 is 2.11 bits per heavy atom. The van der Waals surface area contributed by atoms with Crippen LogP contribution in [0.1, 0.15) is 60.1 Å². The molecule has 27 heavy (non-hydrogen) atoms. The normalized spacial score (nSPS) is 18.0. The largest absolute Gasteiger partial charge is 0.336 e. The SMILES string of the molecule is CC(C)c1nc(C(=O)N(C)[C@@H]2CCCN(CCCc3ccccc3)C2)cs1. The lowest BCUT2D eigenvalue weighted by Gasteiger charge is -2.37. The molecule has 1 fully saturated rings. The van der Waals surface area contributed by atoms with Crippen molar-refractivity contribution in [1.29, 1.82) is 0 Å². The molecule has 0 bridgehead atoms. The highest BCUT2D eigenvalue weighted by Crippen LogP contribution is 2.22. The molecule has 0 unspecified atom stereocenters. The Balaban J connectivity index is 1.51. The highest BCUT2D eigenvalue weighted by atomic mass is 32.1. The Kier molecular flexibility index (Phi) is 7.02. The quantitative estimate of drug-likeness (QED) is 0.707. The van der Waals surface area contributed by atoms with Crippen LogP contribution in [-0.4, -0.2) is 53.4 Å². The number of benzene rings is 1. The molecule has 0 saturated carbocycles. The number of piperidine rings is 1. The van der Waals surface area contributed by atoms with E-state index >= 15 is 0 Å². The van der Waals surface area contributed by atoms with Gasteiger partial charge in [0.25, 0.3) is 5.91 Å². The van der Waals surface area contributed by atoms with E-state index in [1.54, 1.807) is 11.3 Å². The fourth-order valence-corrected chi connectivity index (χ4v) is 4.51. The Morgan fingerprint density at radius 3 is 2.81 bits per heavy atom. The van der Waals surface area contributed by atoms with Crippen LogP contribution < -0.4 is 0 Å². The van der Waals surface area contributed by atoms with Gasteiger partial charge in [0.05, 0.1) is 5.01 Å². The van der Waals surface area contributed by atoms with Gasteiger partial charge in [-0.15, -0.1) is 11.3 Å². The lowest BCUT2D eigenvalue weighted by Crippen LogP contribution is -2.48. The molecule has 1 aromatic heterocycles. The zero-order valence-corrected chi connectivity index (χ0v) is 17.5. The van der Waals surface area contributed by atoms with Crippen molar-refractivity contribution < 1.29 is 4.79 Å². The van der Waals surface area contributed by atoms with Crippen molar-refractivity contribution in [2.45, 2.75) is 51.5 Å². The molecular weight excluding hydrogens is 354 g/mol. The lowest BCUT2D eigenvalue weighted by molar-refractivity contribution is 0.0612. The second kappa shape index (κ2) is 9.47. The van der Waals surface area contributed by atoms with E-state index in [9.17, 15) is 4.79 Å². The van der Waals surface area contributed by atoms with E-state index in [2.05, 4.69) is 54.1 Å². The molecule has 1 aliphatic heterocycles. The topological polar surface area (TPSA) is 36.4 Å². The van der Waals surface area contributed by atoms with Gasteiger partial charge in [-0.2, -0.15) is 0 Å². The molecule has 4 nitrogen and oxygen atoms in total. The van der Waals surface area contributed by atoms with E-state index in [1.807, 2.05) is 17.3 Å². The first-order chi connectivity index (χ1) is 13.0. The molecule has 1 saturated heterocycles. The summed E-state index contributed by atoms with van der Waals surface area (Å²) in [5.41, 5.74) is 2.01. The molecule has 2 aromatic rings. The van der Waals surface area contributed by atoms with Gasteiger partial charge < -0.3 is 9.80 Å². The second-order valence-electron chi connectivity index (χ2n) is 7.83. The van der Waals surface area contributed by atoms with Gasteiger partial charge in [-0.25, -0.2) is 4.98 Å². The maximum absolute atomic E-state index is 12.8. The average Bonchev–Trinajstić information content (AvgIpc) is 3.18. The van der Waals surface area contributed by atoms with Crippen molar-refractivity contribution in [3.63, 3.8) is 0 Å². The highest BCUT2D eigenvalue weighted by molar-refractivity contribution is 7.09. The summed E-state index contributed by atoms with van der Waals surface area (Å²) in [5.74, 6) is 0.436. The molecule has 1 atom stereocenters. The summed E-state index contributed by atoms with van der Waals surface area (Å²) in [6.07, 6.45) is 4.52. The third-order valence-electron chi connectivity index (χ3n) is 5.37. The molecule has 146 valence electrons. The summed E-state index contributed by atoms with van der Waals surface area (Å²) in [6, 6.07) is 11.0. The van der Waals surface area contributed by atoms with E-state index < -0.39 is 0 Å². The van der Waals surface area contributed by atoms with Crippen LogP contribution >= 0.6 is 11.3 Å². The maximum atomic E-state index is 12.8. The number of hydrogen-bond acceptors (Lipinski definition) is 4. The van der Waals surface area contributed by atoms with Crippen molar-refractivity contribution >= 4 is 17.2 Å². The Bertz CT molecular complexity index is 728. The van der Waals surface area contributed by atoms with Crippen LogP contribution in [0.3, 0.4) is 0 Å². The van der Waals surface area contributed by atoms with Gasteiger partial charge in [0.1, 0.15) is 5.69 Å². The Hall–Kier alpha value is -1.72. The van der Waals surface area contributed by atoms with Crippen molar-refractivity contribution in [3.05, 3.63) is 52.0 Å². The molecule has 0 aliphatic carbocycles. The molecule has 5 heteroatoms. The summed E-state index contributed by atoms with van der Waals surface area (Å²) in [7, 11) is 1.94. The summed E-state index contributed by atoms with van der Waals surface area (Å²) in [4.78, 5) is 21.8. The van der Waals surface area contributed by atoms with Crippen LogP contribution in [0.15, 0.2) is 35.7 Å². The number of amides is 1. The standard InChI is InChI=1S/C22H31N3OS/c1-17(2)21-23-20(16-27-21)22(26)24(3)19-12-8-14-25(15-19)13-7-11-18-9-5-4-6-10-18/h4-6,9-10,16-17,19H,7-8,11-15H2,1-3H3/t19-/m1/s1. The predicted molar refractivity (Wildman–Crippen MR) is 113 cm³/mol. The minimum absolute atomic E-state index is 0.0642. The van der Waals surface area contributed by atoms with Crippen molar-refractivity contribution in [2.24, 2.45) is 0 Å². The zero-order chi connectivity index (χ0) is 19.2. The number of rotatable bonds is 7. The van der Waals surface area contributed by atoms with Crippen LogP contribution in [0.5, 0.6) is 0 Å². The van der Waals surface area contributed by atoms with Crippen LogP contribution in [-0.2, 0) is 6.42 Å². The van der Waals surface area contributed by atoms with Gasteiger partial charge in [0.2, 0.25) is 0 Å². The number of nitrogens with zero attached hydrogens (tertiary/aromatic N) is 3. The molecule has 0 radical (unpaired) electrons. The number of carbonyl (C=O) groups excluding carboxylic acids is 1. The fourth-order valence-electron chi connectivity index (χ4n) is 3.70. The summed E-state index contributed by atoms with van der Waals surface area (Å²) in [5, 5.41) is 2.95. The first kappa shape index (κ1) is 20.0. The van der Waals surface area contributed by atoms with Gasteiger partial charge in [-0.3, -0.25) is 4.79 Å². The molecule has 1 amide bonds. The summed E-state index contributed by atoms with van der Waals surface area (Å²) < 4.78 is 0. The van der Waals surface area contributed by atoms with Gasteiger partial charge in [-0.05, 0) is 44.3 Å². The van der Waals surface area contributed by atoms with E-state index in [0.29, 0.717) is 11.6 Å². The van der Waals surface area contributed by atoms with Crippen molar-refractivity contribution in [1.82, 2.24) is 14.8 Å². The fraction of sp³-hybridized carbons (Fsp3) is 0.545. The molecule has 0 spiro atoms. The van der Waals surface area contributed by atoms with Crippen LogP contribution in [0, 0.1) is 0 Å². The second-order valence-corrected chi connectivity index (χ2v) is 8.72. The van der Waals surface area contributed by atoms with Crippen LogP contribution in [0.2, 0.25) is 0 Å². The predicted octanol–water partition coefficient (Wildman–Crippen LogP) is 4.44. The van der Waals surface area contributed by atoms with Gasteiger partial charge in [0, 0.05) is 30.9 Å². The van der Waals surface area contributed by atoms with E-state index in [1.165, 1.54) is 5.56 Å². The first-order valence-electron chi connectivity index (χ1n) is 10.0. The Morgan fingerprint density at radius 1 is 1.33 bits per heavy atom. The summed E-state index contributed by atoms with van der Waals surface area (Å²) >= 11 is 1.59. The average molecular weight is 386 g/mol. The molecular formula is C22H31N3OS. The van der Waals surface area contributed by atoms with E-state index in [-0.39, 0.29) is 11.9 Å². The summed E-state index contributed by atoms with van der Waals surface area (Å²) in [6.45, 7) is 7.44. The Labute approximate surface area is 167 Å².